The molecule has 5 nitrogen and oxygen atoms in total. The van der Waals surface area contributed by atoms with Crippen molar-refractivity contribution >= 4 is 17.3 Å². The number of nitrogens with zero attached hydrogens (tertiary/aromatic N) is 2. The fraction of sp³-hybridized carbons (Fsp3) is 0.111. The monoisotopic (exact) mass is 227 g/mol. The van der Waals surface area contributed by atoms with E-state index in [9.17, 15) is 0 Å². The Labute approximate surface area is 91.8 Å². The number of aryl methyl sites for hydroxylation is 1. The molecule has 0 spiro atoms. The van der Waals surface area contributed by atoms with Gasteiger partial charge in [-0.15, -0.1) is 4.94 Å². The Morgan fingerprint density at radius 1 is 1.47 bits per heavy atom. The summed E-state index contributed by atoms with van der Waals surface area (Å²) < 4.78 is 0. The summed E-state index contributed by atoms with van der Waals surface area (Å²) in [6.07, 6.45) is 1.46. The van der Waals surface area contributed by atoms with Crippen molar-refractivity contribution in [2.45, 2.75) is 6.92 Å². The molecule has 0 atom stereocenters. The summed E-state index contributed by atoms with van der Waals surface area (Å²) >= 11 is 5.89. The molecule has 0 amide bonds. The highest BCUT2D eigenvalue weighted by atomic mass is 35.5. The number of nitrogens with two attached hydrogens (primary N) is 1. The Morgan fingerprint density at radius 3 is 2.73 bits per heavy atom. The Bertz CT molecular complexity index is 422. The van der Waals surface area contributed by atoms with Crippen LogP contribution in [0.2, 0.25) is 5.02 Å². The molecule has 0 saturated heterocycles. The molecular weight excluding hydrogens is 218 g/mol. The van der Waals surface area contributed by atoms with Crippen LogP contribution in [0, 0.1) is 6.92 Å². The van der Waals surface area contributed by atoms with Gasteiger partial charge in [-0.05, 0) is 30.7 Å². The molecular formula is C9H10ClN3O2. The lowest BCUT2D eigenvalue weighted by atomic mass is 10.2. The van der Waals surface area contributed by atoms with Crippen LogP contribution in [0.15, 0.2) is 30.2 Å². The molecule has 1 aliphatic rings. The summed E-state index contributed by atoms with van der Waals surface area (Å²) in [6, 6.07) is 5.34. The van der Waals surface area contributed by atoms with E-state index in [0.29, 0.717) is 10.2 Å². The SMILES string of the molecule is Cc1cc(N2C=C(N)N(O)O2)ccc1Cl. The smallest absolute Gasteiger partial charge is 0.176 e. The molecule has 1 aliphatic heterocycles. The summed E-state index contributed by atoms with van der Waals surface area (Å²) in [4.78, 5) is 4.92. The summed E-state index contributed by atoms with van der Waals surface area (Å²) in [6.45, 7) is 1.88. The van der Waals surface area contributed by atoms with Crippen molar-refractivity contribution in [3.63, 3.8) is 0 Å². The minimum atomic E-state index is 0.114. The maximum atomic E-state index is 9.10. The Morgan fingerprint density at radius 2 is 2.20 bits per heavy atom. The second kappa shape index (κ2) is 3.62. The van der Waals surface area contributed by atoms with Crippen molar-refractivity contribution < 1.29 is 10.1 Å². The number of halogens is 1. The molecule has 80 valence electrons. The minimum absolute atomic E-state index is 0.114. The second-order valence-electron chi connectivity index (χ2n) is 3.17. The summed E-state index contributed by atoms with van der Waals surface area (Å²) in [5.74, 6) is 0.114. The third kappa shape index (κ3) is 1.85. The average molecular weight is 228 g/mol. The number of anilines is 1. The summed E-state index contributed by atoms with van der Waals surface area (Å²) in [5.41, 5.74) is 7.07. The van der Waals surface area contributed by atoms with Crippen LogP contribution in [0.5, 0.6) is 0 Å². The molecule has 15 heavy (non-hydrogen) atoms. The van der Waals surface area contributed by atoms with Gasteiger partial charge in [-0.2, -0.15) is 5.06 Å². The quantitative estimate of drug-likeness (QED) is 0.766. The van der Waals surface area contributed by atoms with E-state index < -0.39 is 0 Å². The van der Waals surface area contributed by atoms with E-state index in [4.69, 9.17) is 27.5 Å². The van der Waals surface area contributed by atoms with E-state index in [1.54, 1.807) is 12.1 Å². The predicted octanol–water partition coefficient (Wildman–Crippen LogP) is 1.76. The van der Waals surface area contributed by atoms with E-state index in [2.05, 4.69) is 0 Å². The van der Waals surface area contributed by atoms with Crippen LogP contribution in [0.25, 0.3) is 0 Å². The van der Waals surface area contributed by atoms with Crippen LogP contribution < -0.4 is 10.8 Å². The maximum Gasteiger partial charge on any atom is 0.176 e. The zero-order valence-electron chi connectivity index (χ0n) is 8.01. The highest BCUT2D eigenvalue weighted by Crippen LogP contribution is 2.25. The van der Waals surface area contributed by atoms with Crippen LogP contribution in [0.3, 0.4) is 0 Å². The molecule has 0 saturated carbocycles. The molecule has 0 aliphatic carbocycles. The van der Waals surface area contributed by atoms with E-state index in [-0.39, 0.29) is 5.82 Å². The third-order valence-corrected chi connectivity index (χ3v) is 2.46. The first-order valence-electron chi connectivity index (χ1n) is 4.27. The summed E-state index contributed by atoms with van der Waals surface area (Å²) in [5, 5.41) is 11.6. The van der Waals surface area contributed by atoms with Crippen molar-refractivity contribution in [1.82, 2.24) is 5.23 Å². The Hall–Kier alpha value is -1.43. The van der Waals surface area contributed by atoms with Crippen molar-refractivity contribution in [2.24, 2.45) is 5.73 Å². The van der Waals surface area contributed by atoms with E-state index in [1.807, 2.05) is 13.0 Å². The lowest BCUT2D eigenvalue weighted by molar-refractivity contribution is -0.304. The predicted molar refractivity (Wildman–Crippen MR) is 55.6 cm³/mol. The standard InChI is InChI=1S/C9H10ClN3O2/c1-6-4-7(2-3-8(6)10)12-5-9(11)13(14)15-12/h2-5,14H,11H2,1H3. The lowest BCUT2D eigenvalue weighted by Gasteiger charge is -2.15. The molecule has 2 rings (SSSR count). The molecule has 0 bridgehead atoms. The van der Waals surface area contributed by atoms with Gasteiger partial charge in [0.15, 0.2) is 5.82 Å². The first kappa shape index (κ1) is 10.1. The first-order chi connectivity index (χ1) is 7.08. The molecule has 1 aromatic carbocycles. The van der Waals surface area contributed by atoms with Gasteiger partial charge >= 0.3 is 0 Å². The van der Waals surface area contributed by atoms with E-state index in [0.717, 1.165) is 11.3 Å². The zero-order chi connectivity index (χ0) is 11.0. The van der Waals surface area contributed by atoms with Gasteiger partial charge in [-0.25, -0.2) is 0 Å². The van der Waals surface area contributed by atoms with Crippen LogP contribution in [-0.4, -0.2) is 10.4 Å². The van der Waals surface area contributed by atoms with Crippen molar-refractivity contribution in [2.75, 3.05) is 5.06 Å². The number of hydrogen-bond donors (Lipinski definition) is 2. The largest absolute Gasteiger partial charge is 0.380 e. The molecule has 0 fully saturated rings. The van der Waals surface area contributed by atoms with Crippen LogP contribution in [0.1, 0.15) is 5.56 Å². The fourth-order valence-electron chi connectivity index (χ4n) is 1.21. The number of hydroxylamine groups is 3. The summed E-state index contributed by atoms with van der Waals surface area (Å²) in [7, 11) is 0. The van der Waals surface area contributed by atoms with Gasteiger partial charge in [-0.3, -0.25) is 5.21 Å². The molecule has 0 unspecified atom stereocenters. The number of rotatable bonds is 1. The normalized spacial score (nSPS) is 15.8. The van der Waals surface area contributed by atoms with Gasteiger partial charge in [0.2, 0.25) is 0 Å². The van der Waals surface area contributed by atoms with Crippen molar-refractivity contribution in [3.05, 3.63) is 40.8 Å². The molecule has 6 heteroatoms. The molecule has 1 aromatic rings. The minimum Gasteiger partial charge on any atom is -0.380 e. The topological polar surface area (TPSA) is 62.0 Å². The van der Waals surface area contributed by atoms with Crippen LogP contribution in [0.4, 0.5) is 5.69 Å². The first-order valence-corrected chi connectivity index (χ1v) is 4.65. The van der Waals surface area contributed by atoms with Crippen molar-refractivity contribution in [1.29, 1.82) is 0 Å². The molecule has 1 heterocycles. The highest BCUT2D eigenvalue weighted by Gasteiger charge is 2.20. The highest BCUT2D eigenvalue weighted by molar-refractivity contribution is 6.31. The van der Waals surface area contributed by atoms with Gasteiger partial charge in [0, 0.05) is 5.02 Å². The lowest BCUT2D eigenvalue weighted by Crippen LogP contribution is -2.22. The number of hydrogen-bond acceptors (Lipinski definition) is 5. The molecule has 0 radical (unpaired) electrons. The van der Waals surface area contributed by atoms with Gasteiger partial charge in [0.25, 0.3) is 0 Å². The van der Waals surface area contributed by atoms with Gasteiger partial charge in [0.1, 0.15) is 0 Å². The molecule has 0 aromatic heterocycles. The fourth-order valence-corrected chi connectivity index (χ4v) is 1.33. The molecule has 3 N–H and O–H groups in total. The Kier molecular flexibility index (Phi) is 2.44. The maximum absolute atomic E-state index is 9.10. The van der Waals surface area contributed by atoms with Gasteiger partial charge in [-0.1, -0.05) is 16.8 Å². The van der Waals surface area contributed by atoms with Crippen LogP contribution in [-0.2, 0) is 4.94 Å². The zero-order valence-corrected chi connectivity index (χ0v) is 8.77. The Balaban J connectivity index is 2.28. The average Bonchev–Trinajstić information content (AvgIpc) is 2.52. The van der Waals surface area contributed by atoms with E-state index in [1.165, 1.54) is 11.3 Å². The van der Waals surface area contributed by atoms with Crippen LogP contribution >= 0.6 is 11.6 Å². The number of benzene rings is 1. The third-order valence-electron chi connectivity index (χ3n) is 2.03. The van der Waals surface area contributed by atoms with Gasteiger partial charge < -0.3 is 5.73 Å². The van der Waals surface area contributed by atoms with E-state index >= 15 is 0 Å². The van der Waals surface area contributed by atoms with Crippen molar-refractivity contribution in [3.8, 4) is 0 Å². The second-order valence-corrected chi connectivity index (χ2v) is 3.58. The van der Waals surface area contributed by atoms with Gasteiger partial charge in [0.05, 0.1) is 11.9 Å².